The first-order valence-electron chi connectivity index (χ1n) is 8.82. The second kappa shape index (κ2) is 7.77. The SMILES string of the molecule is COc1ccc(CN(C)C(=O)COc2cc3sc(C)nc3c3sccc23)cc1. The zero-order chi connectivity index (χ0) is 19.7. The van der Waals surface area contributed by atoms with Gasteiger partial charge in [0.05, 0.1) is 27.0 Å². The van der Waals surface area contributed by atoms with Crippen molar-refractivity contribution in [2.24, 2.45) is 0 Å². The number of aryl methyl sites for hydroxylation is 1. The van der Waals surface area contributed by atoms with Crippen molar-refractivity contribution < 1.29 is 14.3 Å². The van der Waals surface area contributed by atoms with Gasteiger partial charge < -0.3 is 14.4 Å². The van der Waals surface area contributed by atoms with E-state index in [1.54, 1.807) is 41.7 Å². The third-order valence-electron chi connectivity index (χ3n) is 4.52. The number of methoxy groups -OCH3 is 1. The van der Waals surface area contributed by atoms with Crippen LogP contribution < -0.4 is 9.47 Å². The fourth-order valence-corrected chi connectivity index (χ4v) is 4.88. The Labute approximate surface area is 171 Å². The van der Waals surface area contributed by atoms with E-state index in [0.717, 1.165) is 42.4 Å². The first kappa shape index (κ1) is 18.7. The van der Waals surface area contributed by atoms with Crippen molar-refractivity contribution in [1.82, 2.24) is 9.88 Å². The molecule has 0 unspecified atom stereocenters. The molecule has 0 spiro atoms. The number of benzene rings is 2. The minimum atomic E-state index is -0.0696. The van der Waals surface area contributed by atoms with Crippen LogP contribution in [0.25, 0.3) is 20.3 Å². The summed E-state index contributed by atoms with van der Waals surface area (Å²) in [7, 11) is 3.42. The molecule has 2 aromatic carbocycles. The molecule has 0 fully saturated rings. The van der Waals surface area contributed by atoms with Crippen LogP contribution in [0.3, 0.4) is 0 Å². The lowest BCUT2D eigenvalue weighted by molar-refractivity contribution is -0.132. The summed E-state index contributed by atoms with van der Waals surface area (Å²) >= 11 is 3.29. The summed E-state index contributed by atoms with van der Waals surface area (Å²) in [6.45, 7) is 2.52. The van der Waals surface area contributed by atoms with Crippen molar-refractivity contribution in [1.29, 1.82) is 0 Å². The maximum atomic E-state index is 12.6. The molecule has 28 heavy (non-hydrogen) atoms. The second-order valence-electron chi connectivity index (χ2n) is 6.50. The van der Waals surface area contributed by atoms with Gasteiger partial charge in [-0.05, 0) is 36.1 Å². The Bertz CT molecular complexity index is 1130. The topological polar surface area (TPSA) is 51.7 Å². The van der Waals surface area contributed by atoms with Gasteiger partial charge in [0, 0.05) is 25.0 Å². The molecule has 0 saturated carbocycles. The normalized spacial score (nSPS) is 11.1. The van der Waals surface area contributed by atoms with Gasteiger partial charge in [-0.15, -0.1) is 22.7 Å². The Kier molecular flexibility index (Phi) is 5.19. The molecule has 2 heterocycles. The van der Waals surface area contributed by atoms with Crippen LogP contribution in [0.2, 0.25) is 0 Å². The van der Waals surface area contributed by atoms with Gasteiger partial charge in [0.25, 0.3) is 5.91 Å². The Morgan fingerprint density at radius 2 is 2.00 bits per heavy atom. The summed E-state index contributed by atoms with van der Waals surface area (Å²) in [6.07, 6.45) is 0. The van der Waals surface area contributed by atoms with E-state index in [4.69, 9.17) is 9.47 Å². The molecular weight excluding hydrogens is 392 g/mol. The van der Waals surface area contributed by atoms with Gasteiger partial charge in [0.2, 0.25) is 0 Å². The zero-order valence-electron chi connectivity index (χ0n) is 15.9. The van der Waals surface area contributed by atoms with Crippen LogP contribution in [-0.4, -0.2) is 36.6 Å². The maximum Gasteiger partial charge on any atom is 0.260 e. The van der Waals surface area contributed by atoms with Gasteiger partial charge in [0.15, 0.2) is 6.61 Å². The lowest BCUT2D eigenvalue weighted by Gasteiger charge is -2.18. The molecule has 0 aliphatic rings. The van der Waals surface area contributed by atoms with E-state index >= 15 is 0 Å². The molecule has 4 rings (SSSR count). The second-order valence-corrected chi connectivity index (χ2v) is 8.66. The van der Waals surface area contributed by atoms with Crippen molar-refractivity contribution in [3.63, 3.8) is 0 Å². The smallest absolute Gasteiger partial charge is 0.260 e. The third-order valence-corrected chi connectivity index (χ3v) is 6.36. The van der Waals surface area contributed by atoms with Crippen LogP contribution in [0.4, 0.5) is 0 Å². The number of nitrogens with zero attached hydrogens (tertiary/aromatic N) is 2. The van der Waals surface area contributed by atoms with Crippen molar-refractivity contribution in [3.8, 4) is 11.5 Å². The van der Waals surface area contributed by atoms with Gasteiger partial charge in [-0.2, -0.15) is 0 Å². The van der Waals surface area contributed by atoms with E-state index in [2.05, 4.69) is 4.98 Å². The number of carbonyl (C=O) groups is 1. The molecule has 0 atom stereocenters. The Morgan fingerprint density at radius 1 is 1.21 bits per heavy atom. The quantitative estimate of drug-likeness (QED) is 0.454. The van der Waals surface area contributed by atoms with Crippen LogP contribution >= 0.6 is 22.7 Å². The van der Waals surface area contributed by atoms with E-state index in [-0.39, 0.29) is 12.5 Å². The van der Waals surface area contributed by atoms with Crippen molar-refractivity contribution in [3.05, 3.63) is 52.3 Å². The number of carbonyl (C=O) groups excluding carboxylic acids is 1. The van der Waals surface area contributed by atoms with Crippen LogP contribution in [-0.2, 0) is 11.3 Å². The lowest BCUT2D eigenvalue weighted by Crippen LogP contribution is -2.30. The van der Waals surface area contributed by atoms with Crippen LogP contribution in [0.15, 0.2) is 41.8 Å². The Morgan fingerprint density at radius 3 is 2.75 bits per heavy atom. The molecule has 0 aliphatic carbocycles. The molecule has 0 saturated heterocycles. The molecule has 144 valence electrons. The highest BCUT2D eigenvalue weighted by Gasteiger charge is 2.15. The van der Waals surface area contributed by atoms with E-state index < -0.39 is 0 Å². The molecule has 0 bridgehead atoms. The molecule has 5 nitrogen and oxygen atoms in total. The fraction of sp³-hybridized carbons (Fsp3) is 0.238. The molecule has 0 N–H and O–H groups in total. The van der Waals surface area contributed by atoms with Gasteiger partial charge >= 0.3 is 0 Å². The Hall–Kier alpha value is -2.64. The lowest BCUT2D eigenvalue weighted by atomic mass is 10.2. The first-order chi connectivity index (χ1) is 13.5. The average Bonchev–Trinajstić information content (AvgIpc) is 3.32. The van der Waals surface area contributed by atoms with Crippen molar-refractivity contribution in [2.45, 2.75) is 13.5 Å². The number of aromatic nitrogens is 1. The van der Waals surface area contributed by atoms with Gasteiger partial charge in [-0.1, -0.05) is 12.1 Å². The minimum absolute atomic E-state index is 0.000887. The number of hydrogen-bond acceptors (Lipinski definition) is 6. The van der Waals surface area contributed by atoms with Crippen LogP contribution in [0.5, 0.6) is 11.5 Å². The molecular formula is C21H20N2O3S2. The fourth-order valence-electron chi connectivity index (χ4n) is 3.05. The number of hydrogen-bond donors (Lipinski definition) is 0. The van der Waals surface area contributed by atoms with E-state index in [1.807, 2.05) is 48.7 Å². The van der Waals surface area contributed by atoms with Crippen molar-refractivity contribution in [2.75, 3.05) is 20.8 Å². The number of thiazole rings is 1. The highest BCUT2D eigenvalue weighted by Crippen LogP contribution is 2.38. The monoisotopic (exact) mass is 412 g/mol. The molecule has 0 aliphatic heterocycles. The minimum Gasteiger partial charge on any atom is -0.497 e. The van der Waals surface area contributed by atoms with Crippen LogP contribution in [0, 0.1) is 6.92 Å². The summed E-state index contributed by atoms with van der Waals surface area (Å²) in [5, 5.41) is 4.06. The number of rotatable bonds is 6. The van der Waals surface area contributed by atoms with Crippen LogP contribution in [0.1, 0.15) is 10.6 Å². The third kappa shape index (κ3) is 3.68. The van der Waals surface area contributed by atoms with E-state index in [1.165, 1.54) is 0 Å². The molecule has 1 amide bonds. The maximum absolute atomic E-state index is 12.6. The Balaban J connectivity index is 1.47. The zero-order valence-corrected chi connectivity index (χ0v) is 17.5. The standard InChI is InChI=1S/C21H20N2O3S2/c1-13-22-20-18(28-13)10-17(16-8-9-27-21(16)20)26-12-19(24)23(2)11-14-4-6-15(25-3)7-5-14/h4-10H,11-12H2,1-3H3. The number of amides is 1. The summed E-state index contributed by atoms with van der Waals surface area (Å²) in [4.78, 5) is 18.9. The average molecular weight is 413 g/mol. The predicted molar refractivity (Wildman–Crippen MR) is 115 cm³/mol. The number of likely N-dealkylation sites (N-methyl/N-ethyl adjacent to an activating group) is 1. The summed E-state index contributed by atoms with van der Waals surface area (Å²) in [5.41, 5.74) is 2.06. The molecule has 2 aromatic heterocycles. The summed E-state index contributed by atoms with van der Waals surface area (Å²) in [5.74, 6) is 1.47. The number of thiophene rings is 1. The molecule has 4 aromatic rings. The largest absolute Gasteiger partial charge is 0.497 e. The van der Waals surface area contributed by atoms with Gasteiger partial charge in [-0.3, -0.25) is 4.79 Å². The number of fused-ring (bicyclic) bond motifs is 3. The first-order valence-corrected chi connectivity index (χ1v) is 10.5. The van der Waals surface area contributed by atoms with Crippen molar-refractivity contribution >= 4 is 48.9 Å². The van der Waals surface area contributed by atoms with E-state index in [0.29, 0.717) is 6.54 Å². The molecule has 0 radical (unpaired) electrons. The highest BCUT2D eigenvalue weighted by atomic mass is 32.1. The van der Waals surface area contributed by atoms with Gasteiger partial charge in [0.1, 0.15) is 11.5 Å². The van der Waals surface area contributed by atoms with E-state index in [9.17, 15) is 4.79 Å². The van der Waals surface area contributed by atoms with Gasteiger partial charge in [-0.25, -0.2) is 4.98 Å². The number of ether oxygens (including phenoxy) is 2. The summed E-state index contributed by atoms with van der Waals surface area (Å²) in [6, 6.07) is 11.7. The predicted octanol–water partition coefficient (Wildman–Crippen LogP) is 4.87. The highest BCUT2D eigenvalue weighted by molar-refractivity contribution is 7.21. The summed E-state index contributed by atoms with van der Waals surface area (Å²) < 4.78 is 13.3. The molecule has 7 heteroatoms.